The SMILES string of the molecule is C=CC(=C)CC[C@]1(C)[C@H]2C[C@@H](OC(=O)CCCCC)C=C3[C@H](OC(C)=O)O[C@H](OC(C)=O)[C@@]32CC[C@@H]1C. The second kappa shape index (κ2) is 12.0. The molecule has 37 heavy (non-hydrogen) atoms. The molecule has 1 saturated heterocycles. The maximum atomic E-state index is 12.7. The molecule has 7 heteroatoms. The Hall–Kier alpha value is -2.41. The van der Waals surface area contributed by atoms with Gasteiger partial charge in [-0.05, 0) is 61.9 Å². The molecule has 7 atom stereocenters. The van der Waals surface area contributed by atoms with Crippen molar-refractivity contribution in [2.24, 2.45) is 22.7 Å². The van der Waals surface area contributed by atoms with Gasteiger partial charge >= 0.3 is 17.9 Å². The van der Waals surface area contributed by atoms with Crippen molar-refractivity contribution in [2.75, 3.05) is 0 Å². The summed E-state index contributed by atoms with van der Waals surface area (Å²) in [7, 11) is 0. The third kappa shape index (κ3) is 6.02. The second-order valence-corrected chi connectivity index (χ2v) is 11.3. The molecule has 1 heterocycles. The van der Waals surface area contributed by atoms with E-state index in [1.165, 1.54) is 13.8 Å². The van der Waals surface area contributed by atoms with Gasteiger partial charge < -0.3 is 14.2 Å². The Kier molecular flexibility index (Phi) is 9.43. The number of carbonyl (C=O) groups excluding carboxylic acids is 3. The smallest absolute Gasteiger partial charge is 0.306 e. The summed E-state index contributed by atoms with van der Waals surface area (Å²) in [6.45, 7) is 17.3. The molecule has 1 spiro atoms. The van der Waals surface area contributed by atoms with Crippen LogP contribution in [0.3, 0.4) is 0 Å². The summed E-state index contributed by atoms with van der Waals surface area (Å²) in [6.07, 6.45) is 8.30. The molecule has 0 unspecified atom stereocenters. The topological polar surface area (TPSA) is 88.1 Å². The van der Waals surface area contributed by atoms with Gasteiger partial charge in [-0.15, -0.1) is 0 Å². The van der Waals surface area contributed by atoms with Crippen molar-refractivity contribution in [1.29, 1.82) is 0 Å². The van der Waals surface area contributed by atoms with Crippen molar-refractivity contribution >= 4 is 17.9 Å². The number of carbonyl (C=O) groups is 3. The average molecular weight is 517 g/mol. The fraction of sp³-hybridized carbons (Fsp3) is 0.700. The van der Waals surface area contributed by atoms with Crippen LogP contribution in [0.1, 0.15) is 92.4 Å². The number of hydrogen-bond donors (Lipinski definition) is 0. The lowest BCUT2D eigenvalue weighted by Crippen LogP contribution is -2.57. The minimum absolute atomic E-state index is 0.0419. The summed E-state index contributed by atoms with van der Waals surface area (Å²) in [5, 5.41) is 0. The van der Waals surface area contributed by atoms with Crippen LogP contribution in [-0.4, -0.2) is 36.6 Å². The fourth-order valence-electron chi connectivity index (χ4n) is 6.70. The van der Waals surface area contributed by atoms with Crippen LogP contribution in [0.2, 0.25) is 0 Å². The zero-order chi connectivity index (χ0) is 27.4. The molecule has 0 aromatic heterocycles. The number of esters is 3. The summed E-state index contributed by atoms with van der Waals surface area (Å²) < 4.78 is 23.5. The van der Waals surface area contributed by atoms with Gasteiger partial charge in [0.05, 0.1) is 5.41 Å². The fourth-order valence-corrected chi connectivity index (χ4v) is 6.70. The highest BCUT2D eigenvalue weighted by Gasteiger charge is 2.67. The van der Waals surface area contributed by atoms with E-state index in [1.54, 1.807) is 6.08 Å². The van der Waals surface area contributed by atoms with Crippen molar-refractivity contribution in [1.82, 2.24) is 0 Å². The van der Waals surface area contributed by atoms with E-state index in [0.717, 1.165) is 56.1 Å². The lowest BCUT2D eigenvalue weighted by atomic mass is 9.46. The Balaban J connectivity index is 2.06. The molecule has 3 aliphatic rings. The summed E-state index contributed by atoms with van der Waals surface area (Å²) in [4.78, 5) is 36.9. The Morgan fingerprint density at radius 1 is 1.14 bits per heavy atom. The van der Waals surface area contributed by atoms with Gasteiger partial charge in [-0.2, -0.15) is 0 Å². The monoisotopic (exact) mass is 516 g/mol. The molecule has 0 bridgehead atoms. The Morgan fingerprint density at radius 3 is 2.46 bits per heavy atom. The molecule has 206 valence electrons. The van der Waals surface area contributed by atoms with Crippen molar-refractivity contribution in [3.63, 3.8) is 0 Å². The number of allylic oxidation sites excluding steroid dienone is 2. The first-order valence-electron chi connectivity index (χ1n) is 13.7. The molecule has 0 aromatic rings. The van der Waals surface area contributed by atoms with E-state index in [-0.39, 0.29) is 17.3 Å². The van der Waals surface area contributed by atoms with Gasteiger partial charge in [0, 0.05) is 25.8 Å². The van der Waals surface area contributed by atoms with Gasteiger partial charge in [0.2, 0.25) is 12.6 Å². The normalized spacial score (nSPS) is 34.4. The lowest BCUT2D eigenvalue weighted by Gasteiger charge is -2.58. The number of unbranched alkanes of at least 4 members (excludes halogenated alkanes) is 2. The van der Waals surface area contributed by atoms with E-state index in [4.69, 9.17) is 18.9 Å². The first kappa shape index (κ1) is 29.2. The summed E-state index contributed by atoms with van der Waals surface area (Å²) in [6, 6.07) is 0. The first-order chi connectivity index (χ1) is 17.5. The predicted octanol–water partition coefficient (Wildman–Crippen LogP) is 6.18. The molecule has 0 N–H and O–H groups in total. The lowest BCUT2D eigenvalue weighted by molar-refractivity contribution is -0.236. The largest absolute Gasteiger partial charge is 0.458 e. The average Bonchev–Trinajstić information content (AvgIpc) is 3.11. The Labute approximate surface area is 221 Å². The molecule has 0 amide bonds. The molecule has 3 rings (SSSR count). The van der Waals surface area contributed by atoms with E-state index in [0.29, 0.717) is 18.8 Å². The molecule has 0 aromatic carbocycles. The van der Waals surface area contributed by atoms with Crippen LogP contribution >= 0.6 is 0 Å². The zero-order valence-corrected chi connectivity index (χ0v) is 23.2. The quantitative estimate of drug-likeness (QED) is 0.107. The van der Waals surface area contributed by atoms with Crippen LogP contribution in [0, 0.1) is 22.7 Å². The number of hydrogen-bond acceptors (Lipinski definition) is 7. The maximum Gasteiger partial charge on any atom is 0.306 e. The van der Waals surface area contributed by atoms with E-state index >= 15 is 0 Å². The van der Waals surface area contributed by atoms with Crippen molar-refractivity contribution in [2.45, 2.75) is 111 Å². The molecule has 1 aliphatic heterocycles. The summed E-state index contributed by atoms with van der Waals surface area (Å²) in [5.74, 6) is -0.862. The van der Waals surface area contributed by atoms with Crippen molar-refractivity contribution in [3.8, 4) is 0 Å². The molecule has 7 nitrogen and oxygen atoms in total. The van der Waals surface area contributed by atoms with E-state index < -0.39 is 36.0 Å². The molecular formula is C30H44O7. The summed E-state index contributed by atoms with van der Waals surface area (Å²) in [5.41, 5.74) is 0.838. The molecule has 2 fully saturated rings. The van der Waals surface area contributed by atoms with Crippen LogP contribution in [0.4, 0.5) is 0 Å². The highest BCUT2D eigenvalue weighted by atomic mass is 16.8. The van der Waals surface area contributed by atoms with Crippen LogP contribution in [0.5, 0.6) is 0 Å². The van der Waals surface area contributed by atoms with E-state index in [2.05, 4.69) is 33.9 Å². The molecule has 2 aliphatic carbocycles. The van der Waals surface area contributed by atoms with Gasteiger partial charge in [-0.3, -0.25) is 19.1 Å². The van der Waals surface area contributed by atoms with Gasteiger partial charge in [0.15, 0.2) is 0 Å². The predicted molar refractivity (Wildman–Crippen MR) is 140 cm³/mol. The third-order valence-electron chi connectivity index (χ3n) is 8.91. The van der Waals surface area contributed by atoms with Gasteiger partial charge in [-0.1, -0.05) is 58.4 Å². The van der Waals surface area contributed by atoms with Gasteiger partial charge in [0.25, 0.3) is 0 Å². The third-order valence-corrected chi connectivity index (χ3v) is 8.91. The number of rotatable bonds is 11. The zero-order valence-electron chi connectivity index (χ0n) is 23.2. The number of ether oxygens (including phenoxy) is 4. The Morgan fingerprint density at radius 2 is 1.84 bits per heavy atom. The van der Waals surface area contributed by atoms with Gasteiger partial charge in [-0.25, -0.2) is 0 Å². The Bertz CT molecular complexity index is 936. The first-order valence-corrected chi connectivity index (χ1v) is 13.7. The highest BCUT2D eigenvalue weighted by Crippen LogP contribution is 2.67. The highest BCUT2D eigenvalue weighted by molar-refractivity contribution is 5.70. The minimum atomic E-state index is -0.994. The van der Waals surface area contributed by atoms with Gasteiger partial charge in [0.1, 0.15) is 6.10 Å². The standard InChI is InChI=1S/C30H44O7/c1-8-10-11-12-26(33)36-23-17-24-27(34-21(5)31)37-28(35-22(6)32)30(24)16-14-20(4)29(7,25(30)18-23)15-13-19(3)9-2/h9,17,20,23,25,27-28H,2-3,8,10-16,18H2,1,4-7H3/t20-,23-,25+,27+,28-,29-,30-/m0/s1. The summed E-state index contributed by atoms with van der Waals surface area (Å²) >= 11 is 0. The molecule has 1 saturated carbocycles. The maximum absolute atomic E-state index is 12.7. The molecular weight excluding hydrogens is 472 g/mol. The van der Waals surface area contributed by atoms with E-state index in [9.17, 15) is 14.4 Å². The van der Waals surface area contributed by atoms with Crippen LogP contribution < -0.4 is 0 Å². The second-order valence-electron chi connectivity index (χ2n) is 11.3. The van der Waals surface area contributed by atoms with Crippen LogP contribution in [-0.2, 0) is 33.3 Å². The molecule has 0 radical (unpaired) electrons. The van der Waals surface area contributed by atoms with Crippen LogP contribution in [0.25, 0.3) is 0 Å². The van der Waals surface area contributed by atoms with Crippen LogP contribution in [0.15, 0.2) is 36.5 Å². The van der Waals surface area contributed by atoms with Crippen molar-refractivity contribution < 1.29 is 33.3 Å². The van der Waals surface area contributed by atoms with E-state index in [1.807, 2.05) is 6.08 Å². The minimum Gasteiger partial charge on any atom is -0.458 e. The van der Waals surface area contributed by atoms with Crippen molar-refractivity contribution in [3.05, 3.63) is 36.5 Å².